The molecule has 19 heavy (non-hydrogen) atoms. The van der Waals surface area contributed by atoms with Gasteiger partial charge in [-0.3, -0.25) is 0 Å². The van der Waals surface area contributed by atoms with Gasteiger partial charge in [-0.25, -0.2) is 0 Å². The third kappa shape index (κ3) is 3.04. The lowest BCUT2D eigenvalue weighted by atomic mass is 10.1. The molecule has 0 amide bonds. The van der Waals surface area contributed by atoms with E-state index in [1.165, 1.54) is 12.8 Å². The minimum atomic E-state index is 0.225. The Bertz CT molecular complexity index is 448. The maximum absolute atomic E-state index is 9.39. The van der Waals surface area contributed by atoms with Gasteiger partial charge in [0.05, 0.1) is 12.6 Å². The summed E-state index contributed by atoms with van der Waals surface area (Å²) < 4.78 is 0. The zero-order valence-corrected chi connectivity index (χ0v) is 11.9. The Labute approximate surface area is 119 Å². The molecule has 4 heteroatoms. The third-order valence-corrected chi connectivity index (χ3v) is 4.47. The van der Waals surface area contributed by atoms with Gasteiger partial charge in [0.2, 0.25) is 0 Å². The van der Waals surface area contributed by atoms with Gasteiger partial charge >= 0.3 is 0 Å². The third-order valence-electron chi connectivity index (χ3n) is 4.11. The van der Waals surface area contributed by atoms with E-state index in [0.717, 1.165) is 42.2 Å². The van der Waals surface area contributed by atoms with E-state index in [2.05, 4.69) is 22.3 Å². The maximum atomic E-state index is 9.39. The molecule has 104 valence electrons. The monoisotopic (exact) mass is 280 g/mol. The van der Waals surface area contributed by atoms with Crippen LogP contribution in [-0.4, -0.2) is 30.3 Å². The number of halogens is 1. The highest BCUT2D eigenvalue weighted by atomic mass is 35.5. The standard InChI is InChI=1S/C15H21ClN2O/c16-15-8-13(18-7-1-2-14(18)10-19)6-3-11(15)9-17-12-4-5-12/h3,6,8,12,14,17,19H,1-2,4-5,7,9-10H2. The van der Waals surface area contributed by atoms with Gasteiger partial charge in [0, 0.05) is 29.8 Å². The molecule has 0 radical (unpaired) electrons. The van der Waals surface area contributed by atoms with Crippen molar-refractivity contribution in [3.05, 3.63) is 28.8 Å². The summed E-state index contributed by atoms with van der Waals surface area (Å²) in [5, 5.41) is 13.7. The predicted octanol–water partition coefficient (Wildman–Crippen LogP) is 2.55. The van der Waals surface area contributed by atoms with E-state index in [0.29, 0.717) is 6.04 Å². The zero-order chi connectivity index (χ0) is 13.2. The number of aliphatic hydroxyl groups is 1. The Kier molecular flexibility index (Phi) is 3.96. The van der Waals surface area contributed by atoms with Gasteiger partial charge in [-0.1, -0.05) is 17.7 Å². The topological polar surface area (TPSA) is 35.5 Å². The van der Waals surface area contributed by atoms with Crippen LogP contribution in [-0.2, 0) is 6.54 Å². The molecule has 1 saturated heterocycles. The summed E-state index contributed by atoms with van der Waals surface area (Å²) >= 11 is 6.37. The first-order valence-corrected chi connectivity index (χ1v) is 7.55. The summed E-state index contributed by atoms with van der Waals surface area (Å²) in [6.45, 7) is 2.09. The molecule has 2 N–H and O–H groups in total. The highest BCUT2D eigenvalue weighted by Gasteiger charge is 2.24. The van der Waals surface area contributed by atoms with Crippen molar-refractivity contribution in [2.24, 2.45) is 0 Å². The predicted molar refractivity (Wildman–Crippen MR) is 78.8 cm³/mol. The van der Waals surface area contributed by atoms with Crippen molar-refractivity contribution in [2.45, 2.75) is 44.3 Å². The summed E-state index contributed by atoms with van der Waals surface area (Å²) in [5.74, 6) is 0. The van der Waals surface area contributed by atoms with Crippen LogP contribution in [0.15, 0.2) is 18.2 Å². The van der Waals surface area contributed by atoms with Crippen LogP contribution in [0.2, 0.25) is 5.02 Å². The van der Waals surface area contributed by atoms with Crippen LogP contribution in [0.5, 0.6) is 0 Å². The molecule has 1 saturated carbocycles. The van der Waals surface area contributed by atoms with E-state index in [9.17, 15) is 5.11 Å². The molecule has 1 unspecified atom stereocenters. The summed E-state index contributed by atoms with van der Waals surface area (Å²) in [4.78, 5) is 2.27. The molecule has 1 aromatic rings. The first kappa shape index (κ1) is 13.2. The Balaban J connectivity index is 1.70. The largest absolute Gasteiger partial charge is 0.394 e. The second kappa shape index (κ2) is 5.70. The van der Waals surface area contributed by atoms with Crippen molar-refractivity contribution in [3.63, 3.8) is 0 Å². The fourth-order valence-corrected chi connectivity index (χ4v) is 3.01. The fraction of sp³-hybridized carbons (Fsp3) is 0.600. The molecule has 0 aromatic heterocycles. The van der Waals surface area contributed by atoms with Crippen molar-refractivity contribution in [3.8, 4) is 0 Å². The maximum Gasteiger partial charge on any atom is 0.0635 e. The SMILES string of the molecule is OCC1CCCN1c1ccc(CNC2CC2)c(Cl)c1. The molecule has 1 aliphatic heterocycles. The van der Waals surface area contributed by atoms with Crippen molar-refractivity contribution in [1.82, 2.24) is 5.32 Å². The molecule has 3 rings (SSSR count). The average molecular weight is 281 g/mol. The lowest BCUT2D eigenvalue weighted by Crippen LogP contribution is -2.32. The van der Waals surface area contributed by atoms with Crippen LogP contribution in [0.25, 0.3) is 0 Å². The molecule has 0 spiro atoms. The normalized spacial score (nSPS) is 23.1. The molecule has 1 heterocycles. The molecule has 2 fully saturated rings. The molecular weight excluding hydrogens is 260 g/mol. The van der Waals surface area contributed by atoms with Gasteiger partial charge in [0.25, 0.3) is 0 Å². The van der Waals surface area contributed by atoms with Crippen molar-refractivity contribution < 1.29 is 5.11 Å². The van der Waals surface area contributed by atoms with E-state index in [4.69, 9.17) is 11.6 Å². The molecule has 0 bridgehead atoms. The van der Waals surface area contributed by atoms with Crippen molar-refractivity contribution in [2.75, 3.05) is 18.1 Å². The molecule has 1 aliphatic carbocycles. The summed E-state index contributed by atoms with van der Waals surface area (Å²) in [7, 11) is 0. The Morgan fingerprint density at radius 3 is 2.84 bits per heavy atom. The fourth-order valence-electron chi connectivity index (χ4n) is 2.77. The van der Waals surface area contributed by atoms with Crippen molar-refractivity contribution >= 4 is 17.3 Å². The second-order valence-corrected chi connectivity index (χ2v) is 6.01. The van der Waals surface area contributed by atoms with E-state index < -0.39 is 0 Å². The van der Waals surface area contributed by atoms with E-state index in [1.807, 2.05) is 6.07 Å². The lowest BCUT2D eigenvalue weighted by Gasteiger charge is -2.25. The molecule has 1 atom stereocenters. The number of aliphatic hydroxyl groups excluding tert-OH is 1. The number of hydrogen-bond donors (Lipinski definition) is 2. The van der Waals surface area contributed by atoms with Gasteiger partial charge in [0.15, 0.2) is 0 Å². The number of nitrogens with zero attached hydrogens (tertiary/aromatic N) is 1. The molecule has 3 nitrogen and oxygen atoms in total. The minimum Gasteiger partial charge on any atom is -0.394 e. The Hall–Kier alpha value is -0.770. The van der Waals surface area contributed by atoms with Crippen LogP contribution >= 0.6 is 11.6 Å². The highest BCUT2D eigenvalue weighted by molar-refractivity contribution is 6.31. The zero-order valence-electron chi connectivity index (χ0n) is 11.1. The molecule has 1 aromatic carbocycles. The quantitative estimate of drug-likeness (QED) is 0.870. The van der Waals surface area contributed by atoms with Gasteiger partial charge in [-0.05, 0) is 43.4 Å². The average Bonchev–Trinajstić information content (AvgIpc) is 3.12. The highest BCUT2D eigenvalue weighted by Crippen LogP contribution is 2.30. The molecule has 2 aliphatic rings. The number of benzene rings is 1. The first-order valence-electron chi connectivity index (χ1n) is 7.17. The van der Waals surface area contributed by atoms with E-state index in [1.54, 1.807) is 0 Å². The van der Waals surface area contributed by atoms with Gasteiger partial charge in [-0.15, -0.1) is 0 Å². The summed E-state index contributed by atoms with van der Waals surface area (Å²) in [6, 6.07) is 7.24. The summed E-state index contributed by atoms with van der Waals surface area (Å²) in [5.41, 5.74) is 2.30. The second-order valence-electron chi connectivity index (χ2n) is 5.60. The van der Waals surface area contributed by atoms with Gasteiger partial charge in [-0.2, -0.15) is 0 Å². The first-order chi connectivity index (χ1) is 9.28. The van der Waals surface area contributed by atoms with Crippen LogP contribution in [0, 0.1) is 0 Å². The minimum absolute atomic E-state index is 0.225. The van der Waals surface area contributed by atoms with Crippen LogP contribution in [0.1, 0.15) is 31.2 Å². The number of nitrogens with one attached hydrogen (secondary N) is 1. The van der Waals surface area contributed by atoms with E-state index >= 15 is 0 Å². The number of anilines is 1. The smallest absolute Gasteiger partial charge is 0.0635 e. The Morgan fingerprint density at radius 1 is 1.32 bits per heavy atom. The summed E-state index contributed by atoms with van der Waals surface area (Å²) in [6.07, 6.45) is 4.80. The van der Waals surface area contributed by atoms with Crippen molar-refractivity contribution in [1.29, 1.82) is 0 Å². The number of hydrogen-bond acceptors (Lipinski definition) is 3. The van der Waals surface area contributed by atoms with Crippen LogP contribution in [0.3, 0.4) is 0 Å². The lowest BCUT2D eigenvalue weighted by molar-refractivity contribution is 0.266. The van der Waals surface area contributed by atoms with E-state index in [-0.39, 0.29) is 12.6 Å². The Morgan fingerprint density at radius 2 is 2.16 bits per heavy atom. The van der Waals surface area contributed by atoms with Gasteiger partial charge in [0.1, 0.15) is 0 Å². The van der Waals surface area contributed by atoms with Crippen LogP contribution in [0.4, 0.5) is 5.69 Å². The van der Waals surface area contributed by atoms with Crippen LogP contribution < -0.4 is 10.2 Å². The number of rotatable bonds is 5. The van der Waals surface area contributed by atoms with Gasteiger partial charge < -0.3 is 15.3 Å². The molecular formula is C15H21ClN2O.